The van der Waals surface area contributed by atoms with Crippen molar-refractivity contribution in [1.29, 1.82) is 0 Å². The predicted octanol–water partition coefficient (Wildman–Crippen LogP) is 4.48. The summed E-state index contributed by atoms with van der Waals surface area (Å²) in [6, 6.07) is 27.3. The average Bonchev–Trinajstić information content (AvgIpc) is 2.74. The number of carbonyl (C=O) groups is 2. The molecule has 4 heteroatoms. The van der Waals surface area contributed by atoms with Gasteiger partial charge in [0.05, 0.1) is 5.92 Å². The van der Waals surface area contributed by atoms with E-state index in [1.54, 1.807) is 19.0 Å². The number of rotatable bonds is 7. The molecule has 0 aliphatic carbocycles. The van der Waals surface area contributed by atoms with Gasteiger partial charge in [0, 0.05) is 26.2 Å². The second kappa shape index (κ2) is 9.69. The smallest absolute Gasteiger partial charge is 0.236 e. The zero-order valence-corrected chi connectivity index (χ0v) is 16.8. The predicted molar refractivity (Wildman–Crippen MR) is 117 cm³/mol. The molecule has 2 amide bonds. The Kier molecular flexibility index (Phi) is 6.80. The first-order valence-electron chi connectivity index (χ1n) is 9.74. The molecule has 0 unspecified atom stereocenters. The molecule has 0 saturated carbocycles. The summed E-state index contributed by atoms with van der Waals surface area (Å²) in [4.78, 5) is 26.5. The van der Waals surface area contributed by atoms with Crippen LogP contribution >= 0.6 is 0 Å². The van der Waals surface area contributed by atoms with Crippen molar-refractivity contribution < 1.29 is 9.59 Å². The van der Waals surface area contributed by atoms with E-state index in [0.29, 0.717) is 12.8 Å². The van der Waals surface area contributed by atoms with Crippen LogP contribution < -0.4 is 5.32 Å². The maximum Gasteiger partial charge on any atom is 0.236 e. The van der Waals surface area contributed by atoms with Gasteiger partial charge in [-0.2, -0.15) is 0 Å². The molecule has 29 heavy (non-hydrogen) atoms. The molecule has 0 spiro atoms. The molecule has 0 aliphatic rings. The molecule has 0 heterocycles. The topological polar surface area (TPSA) is 49.4 Å². The zero-order chi connectivity index (χ0) is 20.6. The van der Waals surface area contributed by atoms with Crippen molar-refractivity contribution in [3.8, 4) is 0 Å². The van der Waals surface area contributed by atoms with E-state index < -0.39 is 0 Å². The monoisotopic (exact) mass is 386 g/mol. The number of benzene rings is 3. The van der Waals surface area contributed by atoms with Gasteiger partial charge in [0.2, 0.25) is 11.8 Å². The first-order valence-corrected chi connectivity index (χ1v) is 9.74. The Morgan fingerprint density at radius 1 is 0.793 bits per heavy atom. The molecular weight excluding hydrogens is 360 g/mol. The number of anilines is 1. The Hall–Kier alpha value is -3.40. The lowest BCUT2D eigenvalue weighted by Crippen LogP contribution is -2.22. The minimum Gasteiger partial charge on any atom is -0.349 e. The Balaban J connectivity index is 1.72. The third kappa shape index (κ3) is 5.55. The third-order valence-electron chi connectivity index (χ3n) is 4.88. The summed E-state index contributed by atoms with van der Waals surface area (Å²) in [5.41, 5.74) is 3.72. The number of nitrogens with one attached hydrogen (secondary N) is 1. The van der Waals surface area contributed by atoms with E-state index in [1.165, 1.54) is 0 Å². The molecule has 0 saturated heterocycles. The van der Waals surface area contributed by atoms with Crippen LogP contribution in [0.25, 0.3) is 0 Å². The molecule has 0 bridgehead atoms. The number of amides is 2. The first kappa shape index (κ1) is 20.3. The normalized spacial score (nSPS) is 10.6. The Labute approximate surface area is 172 Å². The summed E-state index contributed by atoms with van der Waals surface area (Å²) in [6.45, 7) is 0. The molecule has 3 rings (SSSR count). The van der Waals surface area contributed by atoms with Gasteiger partial charge in [0.15, 0.2) is 0 Å². The van der Waals surface area contributed by atoms with Crippen molar-refractivity contribution in [2.24, 2.45) is 0 Å². The highest BCUT2D eigenvalue weighted by molar-refractivity contribution is 5.98. The number of hydrogen-bond donors (Lipinski definition) is 1. The largest absolute Gasteiger partial charge is 0.349 e. The van der Waals surface area contributed by atoms with Crippen LogP contribution in [0.2, 0.25) is 0 Å². The summed E-state index contributed by atoms with van der Waals surface area (Å²) in [5.74, 6) is -0.344. The SMILES string of the molecule is CN(C)C(=O)CCc1ccc(NC(=O)C(c2ccccc2)c2ccccc2)cc1. The molecule has 0 aromatic heterocycles. The molecule has 4 nitrogen and oxygen atoms in total. The highest BCUT2D eigenvalue weighted by Gasteiger charge is 2.22. The molecule has 3 aromatic carbocycles. The van der Waals surface area contributed by atoms with Gasteiger partial charge in [-0.05, 0) is 35.2 Å². The quantitative estimate of drug-likeness (QED) is 0.651. The van der Waals surface area contributed by atoms with Gasteiger partial charge in [-0.25, -0.2) is 0 Å². The van der Waals surface area contributed by atoms with E-state index in [9.17, 15) is 9.59 Å². The molecule has 148 valence electrons. The van der Waals surface area contributed by atoms with Gasteiger partial charge in [0.25, 0.3) is 0 Å². The summed E-state index contributed by atoms with van der Waals surface area (Å²) < 4.78 is 0. The van der Waals surface area contributed by atoms with Gasteiger partial charge in [-0.1, -0.05) is 72.8 Å². The third-order valence-corrected chi connectivity index (χ3v) is 4.88. The van der Waals surface area contributed by atoms with Crippen molar-refractivity contribution in [1.82, 2.24) is 4.90 Å². The lowest BCUT2D eigenvalue weighted by molar-refractivity contribution is -0.128. The minimum atomic E-state index is -0.380. The van der Waals surface area contributed by atoms with E-state index >= 15 is 0 Å². The lowest BCUT2D eigenvalue weighted by atomic mass is 9.90. The number of carbonyl (C=O) groups excluding carboxylic acids is 2. The Morgan fingerprint density at radius 2 is 1.31 bits per heavy atom. The second-order valence-corrected chi connectivity index (χ2v) is 7.23. The zero-order valence-electron chi connectivity index (χ0n) is 16.8. The number of aryl methyl sites for hydroxylation is 1. The molecule has 0 fully saturated rings. The van der Waals surface area contributed by atoms with Crippen LogP contribution in [0.5, 0.6) is 0 Å². The van der Waals surface area contributed by atoms with Gasteiger partial charge in [0.1, 0.15) is 0 Å². The summed E-state index contributed by atoms with van der Waals surface area (Å²) in [7, 11) is 3.52. The van der Waals surface area contributed by atoms with Gasteiger partial charge in [-0.15, -0.1) is 0 Å². The number of hydrogen-bond acceptors (Lipinski definition) is 2. The Morgan fingerprint density at radius 3 is 1.79 bits per heavy atom. The van der Waals surface area contributed by atoms with Crippen LogP contribution in [-0.4, -0.2) is 30.8 Å². The maximum atomic E-state index is 13.1. The van der Waals surface area contributed by atoms with Crippen molar-refractivity contribution in [3.63, 3.8) is 0 Å². The van der Waals surface area contributed by atoms with Crippen molar-refractivity contribution in [2.75, 3.05) is 19.4 Å². The highest BCUT2D eigenvalue weighted by Crippen LogP contribution is 2.26. The van der Waals surface area contributed by atoms with E-state index in [2.05, 4.69) is 5.32 Å². The number of nitrogens with zero attached hydrogens (tertiary/aromatic N) is 1. The Bertz CT molecular complexity index is 896. The van der Waals surface area contributed by atoms with Crippen LogP contribution in [0, 0.1) is 0 Å². The highest BCUT2D eigenvalue weighted by atomic mass is 16.2. The van der Waals surface area contributed by atoms with E-state index in [0.717, 1.165) is 22.4 Å². The summed E-state index contributed by atoms with van der Waals surface area (Å²) in [5, 5.41) is 3.04. The molecular formula is C25H26N2O2. The fourth-order valence-corrected chi connectivity index (χ4v) is 3.23. The summed E-state index contributed by atoms with van der Waals surface area (Å²) >= 11 is 0. The van der Waals surface area contributed by atoms with E-state index in [-0.39, 0.29) is 17.7 Å². The van der Waals surface area contributed by atoms with E-state index in [4.69, 9.17) is 0 Å². The average molecular weight is 386 g/mol. The van der Waals surface area contributed by atoms with Crippen molar-refractivity contribution >= 4 is 17.5 Å². The van der Waals surface area contributed by atoms with Gasteiger partial charge >= 0.3 is 0 Å². The second-order valence-electron chi connectivity index (χ2n) is 7.23. The lowest BCUT2D eigenvalue weighted by Gasteiger charge is -2.18. The fourth-order valence-electron chi connectivity index (χ4n) is 3.23. The molecule has 0 atom stereocenters. The van der Waals surface area contributed by atoms with Crippen LogP contribution in [-0.2, 0) is 16.0 Å². The van der Waals surface area contributed by atoms with E-state index in [1.807, 2.05) is 84.9 Å². The van der Waals surface area contributed by atoms with Crippen LogP contribution in [0.15, 0.2) is 84.9 Å². The summed E-state index contributed by atoms with van der Waals surface area (Å²) in [6.07, 6.45) is 1.16. The molecule has 3 aromatic rings. The van der Waals surface area contributed by atoms with Crippen molar-refractivity contribution in [3.05, 3.63) is 102 Å². The van der Waals surface area contributed by atoms with Gasteiger partial charge < -0.3 is 10.2 Å². The molecule has 0 aliphatic heterocycles. The van der Waals surface area contributed by atoms with Gasteiger partial charge in [-0.3, -0.25) is 9.59 Å². The van der Waals surface area contributed by atoms with Crippen LogP contribution in [0.1, 0.15) is 29.0 Å². The minimum absolute atomic E-state index is 0.0714. The first-order chi connectivity index (χ1) is 14.0. The maximum absolute atomic E-state index is 13.1. The van der Waals surface area contributed by atoms with Crippen LogP contribution in [0.4, 0.5) is 5.69 Å². The molecule has 1 N–H and O–H groups in total. The van der Waals surface area contributed by atoms with Crippen LogP contribution in [0.3, 0.4) is 0 Å². The van der Waals surface area contributed by atoms with Crippen molar-refractivity contribution in [2.45, 2.75) is 18.8 Å². The fraction of sp³-hybridized carbons (Fsp3) is 0.200. The molecule has 0 radical (unpaired) electrons. The standard InChI is InChI=1S/C25H26N2O2/c1-27(2)23(28)18-15-19-13-16-22(17-14-19)26-25(29)24(20-9-5-3-6-10-20)21-11-7-4-8-12-21/h3-14,16-17,24H,15,18H2,1-2H3,(H,26,29).